The van der Waals surface area contributed by atoms with Crippen LogP contribution >= 0.6 is 0 Å². The van der Waals surface area contributed by atoms with E-state index in [9.17, 15) is 4.79 Å². The number of nitrogens with zero attached hydrogens (tertiary/aromatic N) is 1. The molecule has 0 aliphatic carbocycles. The van der Waals surface area contributed by atoms with Crippen LogP contribution in [0.1, 0.15) is 12.8 Å². The highest BCUT2D eigenvalue weighted by Gasteiger charge is 2.07. The van der Waals surface area contributed by atoms with Crippen molar-refractivity contribution < 1.29 is 15.1 Å². The standard InChI is InChI=1S/C5H10N2O3/c6-3-1-2-4(7-10)5(8)9/h10H,1-3,6H2,(H,8,9). The van der Waals surface area contributed by atoms with E-state index >= 15 is 0 Å². The quantitative estimate of drug-likeness (QED) is 0.286. The van der Waals surface area contributed by atoms with Gasteiger partial charge in [-0.2, -0.15) is 0 Å². The van der Waals surface area contributed by atoms with Crippen molar-refractivity contribution in [2.45, 2.75) is 12.8 Å². The van der Waals surface area contributed by atoms with Gasteiger partial charge in [0, 0.05) is 6.42 Å². The summed E-state index contributed by atoms with van der Waals surface area (Å²) in [6, 6.07) is 0. The number of carbonyl (C=O) groups is 1. The zero-order chi connectivity index (χ0) is 7.98. The molecule has 58 valence electrons. The fourth-order valence-electron chi connectivity index (χ4n) is 0.469. The minimum atomic E-state index is -1.20. The lowest BCUT2D eigenvalue weighted by atomic mass is 10.2. The Morgan fingerprint density at radius 1 is 1.60 bits per heavy atom. The van der Waals surface area contributed by atoms with E-state index in [0.29, 0.717) is 13.0 Å². The minimum Gasteiger partial charge on any atom is -0.477 e. The first-order chi connectivity index (χ1) is 4.72. The normalized spacial score (nSPS) is 11.5. The van der Waals surface area contributed by atoms with E-state index in [1.54, 1.807) is 0 Å². The highest BCUT2D eigenvalue weighted by atomic mass is 16.4. The number of rotatable bonds is 4. The lowest BCUT2D eigenvalue weighted by molar-refractivity contribution is -0.129. The number of hydrogen-bond acceptors (Lipinski definition) is 4. The Morgan fingerprint density at radius 2 is 2.20 bits per heavy atom. The first-order valence-corrected chi connectivity index (χ1v) is 2.86. The number of carboxylic acid groups (broad SMARTS) is 1. The predicted octanol–water partition coefficient (Wildman–Crippen LogP) is -0.360. The summed E-state index contributed by atoms with van der Waals surface area (Å²) in [4.78, 5) is 10.1. The second kappa shape index (κ2) is 4.75. The molecule has 0 unspecified atom stereocenters. The number of aliphatic carboxylic acids is 1. The van der Waals surface area contributed by atoms with Crippen molar-refractivity contribution >= 4 is 11.7 Å². The molecule has 0 aliphatic heterocycles. The van der Waals surface area contributed by atoms with Crippen LogP contribution < -0.4 is 5.73 Å². The molecule has 0 saturated carbocycles. The van der Waals surface area contributed by atoms with E-state index in [1.807, 2.05) is 0 Å². The Hall–Kier alpha value is -1.10. The topological polar surface area (TPSA) is 95.9 Å². The van der Waals surface area contributed by atoms with Crippen molar-refractivity contribution in [2.24, 2.45) is 10.9 Å². The average molecular weight is 146 g/mol. The van der Waals surface area contributed by atoms with Crippen LogP contribution in [0, 0.1) is 0 Å². The molecule has 0 bridgehead atoms. The van der Waals surface area contributed by atoms with Crippen molar-refractivity contribution in [3.8, 4) is 0 Å². The summed E-state index contributed by atoms with van der Waals surface area (Å²) in [6.07, 6.45) is 0.730. The highest BCUT2D eigenvalue weighted by Crippen LogP contribution is 1.90. The smallest absolute Gasteiger partial charge is 0.353 e. The van der Waals surface area contributed by atoms with Gasteiger partial charge in [0.1, 0.15) is 0 Å². The molecular weight excluding hydrogens is 136 g/mol. The van der Waals surface area contributed by atoms with E-state index in [1.165, 1.54) is 0 Å². The molecule has 0 aromatic carbocycles. The summed E-state index contributed by atoms with van der Waals surface area (Å²) < 4.78 is 0. The molecule has 0 amide bonds. The van der Waals surface area contributed by atoms with Crippen LogP contribution in [-0.2, 0) is 4.79 Å². The van der Waals surface area contributed by atoms with E-state index in [2.05, 4.69) is 5.16 Å². The summed E-state index contributed by atoms with van der Waals surface area (Å²) in [6.45, 7) is 0.395. The highest BCUT2D eigenvalue weighted by molar-refractivity contribution is 6.35. The second-order valence-corrected chi connectivity index (χ2v) is 1.74. The maximum Gasteiger partial charge on any atom is 0.353 e. The molecule has 0 spiro atoms. The zero-order valence-corrected chi connectivity index (χ0v) is 5.45. The lowest BCUT2D eigenvalue weighted by Gasteiger charge is -1.94. The summed E-state index contributed by atoms with van der Waals surface area (Å²) in [5, 5.41) is 18.9. The third-order valence-electron chi connectivity index (χ3n) is 0.985. The second-order valence-electron chi connectivity index (χ2n) is 1.74. The first kappa shape index (κ1) is 8.90. The van der Waals surface area contributed by atoms with Crippen molar-refractivity contribution in [2.75, 3.05) is 6.54 Å². The molecule has 5 heteroatoms. The fraction of sp³-hybridized carbons (Fsp3) is 0.600. The monoisotopic (exact) mass is 146 g/mol. The van der Waals surface area contributed by atoms with Gasteiger partial charge in [0.15, 0.2) is 5.71 Å². The Morgan fingerprint density at radius 3 is 2.50 bits per heavy atom. The van der Waals surface area contributed by atoms with Gasteiger partial charge in [0.25, 0.3) is 0 Å². The third-order valence-corrected chi connectivity index (χ3v) is 0.985. The van der Waals surface area contributed by atoms with Gasteiger partial charge in [-0.25, -0.2) is 4.79 Å². The summed E-state index contributed by atoms with van der Waals surface area (Å²) in [5.74, 6) is -1.20. The molecule has 0 fully saturated rings. The van der Waals surface area contributed by atoms with Gasteiger partial charge in [-0.3, -0.25) is 0 Å². The molecule has 5 nitrogen and oxygen atoms in total. The van der Waals surface area contributed by atoms with Gasteiger partial charge >= 0.3 is 5.97 Å². The van der Waals surface area contributed by atoms with Crippen LogP contribution in [0.5, 0.6) is 0 Å². The molecule has 0 rings (SSSR count). The van der Waals surface area contributed by atoms with E-state index in [-0.39, 0.29) is 12.1 Å². The number of nitrogens with two attached hydrogens (primary N) is 1. The van der Waals surface area contributed by atoms with Crippen molar-refractivity contribution in [3.05, 3.63) is 0 Å². The summed E-state index contributed by atoms with van der Waals surface area (Å²) >= 11 is 0. The van der Waals surface area contributed by atoms with Gasteiger partial charge in [0.2, 0.25) is 0 Å². The summed E-state index contributed by atoms with van der Waals surface area (Å²) in [5.41, 5.74) is 4.86. The van der Waals surface area contributed by atoms with E-state index in [4.69, 9.17) is 16.0 Å². The first-order valence-electron chi connectivity index (χ1n) is 2.86. The average Bonchev–Trinajstić information content (AvgIpc) is 1.89. The molecule has 0 heterocycles. The van der Waals surface area contributed by atoms with Crippen LogP contribution in [0.15, 0.2) is 5.16 Å². The Bertz CT molecular complexity index is 144. The maximum atomic E-state index is 10.1. The maximum absolute atomic E-state index is 10.1. The van der Waals surface area contributed by atoms with Gasteiger partial charge in [-0.05, 0) is 13.0 Å². The van der Waals surface area contributed by atoms with Gasteiger partial charge in [-0.15, -0.1) is 0 Å². The lowest BCUT2D eigenvalue weighted by Crippen LogP contribution is -2.14. The summed E-state index contributed by atoms with van der Waals surface area (Å²) in [7, 11) is 0. The zero-order valence-electron chi connectivity index (χ0n) is 5.45. The molecule has 0 atom stereocenters. The molecule has 0 saturated heterocycles. The van der Waals surface area contributed by atoms with Crippen molar-refractivity contribution in [1.29, 1.82) is 0 Å². The van der Waals surface area contributed by atoms with Crippen molar-refractivity contribution in [1.82, 2.24) is 0 Å². The third kappa shape index (κ3) is 3.03. The molecule has 0 aliphatic rings. The molecule has 10 heavy (non-hydrogen) atoms. The molecule has 0 radical (unpaired) electrons. The Balaban J connectivity index is 3.74. The van der Waals surface area contributed by atoms with Crippen LogP contribution in [-0.4, -0.2) is 28.5 Å². The van der Waals surface area contributed by atoms with Gasteiger partial charge < -0.3 is 16.0 Å². The van der Waals surface area contributed by atoms with Crippen LogP contribution in [0.4, 0.5) is 0 Å². The molecule has 4 N–H and O–H groups in total. The molecule has 0 aromatic rings. The molecule has 0 aromatic heterocycles. The van der Waals surface area contributed by atoms with Crippen molar-refractivity contribution in [3.63, 3.8) is 0 Å². The van der Waals surface area contributed by atoms with Gasteiger partial charge in [-0.1, -0.05) is 5.16 Å². The van der Waals surface area contributed by atoms with Crippen LogP contribution in [0.2, 0.25) is 0 Å². The van der Waals surface area contributed by atoms with E-state index < -0.39 is 5.97 Å². The Kier molecular flexibility index (Phi) is 4.23. The number of carboxylic acids is 1. The molecular formula is C5H10N2O3. The van der Waals surface area contributed by atoms with Gasteiger partial charge in [0.05, 0.1) is 0 Å². The Labute approximate surface area is 58.1 Å². The number of hydrogen-bond donors (Lipinski definition) is 3. The van der Waals surface area contributed by atoms with Crippen LogP contribution in [0.25, 0.3) is 0 Å². The largest absolute Gasteiger partial charge is 0.477 e. The van der Waals surface area contributed by atoms with E-state index in [0.717, 1.165) is 0 Å². The number of oxime groups is 1. The predicted molar refractivity (Wildman–Crippen MR) is 35.1 cm³/mol. The minimum absolute atomic E-state index is 0.211. The SMILES string of the molecule is NCCCC(=NO)C(=O)O. The van der Waals surface area contributed by atoms with Crippen LogP contribution in [0.3, 0.4) is 0 Å². The fourth-order valence-corrected chi connectivity index (χ4v) is 0.469.